The van der Waals surface area contributed by atoms with Crippen molar-refractivity contribution in [2.75, 3.05) is 47.0 Å². The van der Waals surface area contributed by atoms with Crippen molar-refractivity contribution in [1.29, 1.82) is 0 Å². The van der Waals surface area contributed by atoms with Gasteiger partial charge in [0.1, 0.15) is 5.75 Å². The van der Waals surface area contributed by atoms with Crippen LogP contribution in [0.4, 0.5) is 0 Å². The Morgan fingerprint density at radius 3 is 2.71 bits per heavy atom. The third kappa shape index (κ3) is 7.84. The average molecular weight is 575 g/mol. The molecule has 2 atom stereocenters. The number of aromatic nitrogens is 1. The maximum absolute atomic E-state index is 13.3. The summed E-state index contributed by atoms with van der Waals surface area (Å²) in [4.78, 5) is 34.8. The van der Waals surface area contributed by atoms with E-state index in [1.165, 1.54) is 0 Å². The van der Waals surface area contributed by atoms with Gasteiger partial charge in [0.2, 0.25) is 11.8 Å². The molecule has 0 unspecified atom stereocenters. The first-order chi connectivity index (χ1) is 20.5. The number of aryl methyl sites for hydroxylation is 1. The van der Waals surface area contributed by atoms with Gasteiger partial charge in [-0.3, -0.25) is 19.5 Å². The van der Waals surface area contributed by atoms with Crippen LogP contribution in [-0.4, -0.2) is 85.7 Å². The summed E-state index contributed by atoms with van der Waals surface area (Å²) < 4.78 is 23.4. The Labute approximate surface area is 246 Å². The van der Waals surface area contributed by atoms with Crippen LogP contribution in [0.1, 0.15) is 23.2 Å². The number of likely N-dealkylation sites (tertiary alicyclic amines) is 1. The number of hydrogen-bond acceptors (Lipinski definition) is 8. The largest absolute Gasteiger partial charge is 0.493 e. The molecule has 4 bridgehead atoms. The molecule has 222 valence electrons. The fourth-order valence-corrected chi connectivity index (χ4v) is 5.32. The molecule has 2 aromatic carbocycles. The first-order valence-corrected chi connectivity index (χ1v) is 14.2. The number of hydrogen-bond donors (Lipinski definition) is 1. The molecule has 3 heterocycles. The van der Waals surface area contributed by atoms with Crippen LogP contribution in [-0.2, 0) is 38.6 Å². The van der Waals surface area contributed by atoms with Gasteiger partial charge >= 0.3 is 0 Å². The minimum absolute atomic E-state index is 0.0509. The van der Waals surface area contributed by atoms with E-state index in [9.17, 15) is 9.59 Å². The van der Waals surface area contributed by atoms with E-state index < -0.39 is 0 Å². The number of nitrogens with zero attached hydrogens (tertiary/aromatic N) is 3. The van der Waals surface area contributed by atoms with Gasteiger partial charge in [-0.15, -0.1) is 0 Å². The number of carbonyl (C=O) groups excluding carboxylic acids is 2. The number of amides is 2. The number of rotatable bonds is 6. The summed E-state index contributed by atoms with van der Waals surface area (Å²) in [6.07, 6.45) is 2.26. The van der Waals surface area contributed by atoms with Gasteiger partial charge in [-0.2, -0.15) is 0 Å². The molecule has 0 spiro atoms. The highest BCUT2D eigenvalue weighted by Gasteiger charge is 2.35. The van der Waals surface area contributed by atoms with E-state index in [1.54, 1.807) is 25.3 Å². The van der Waals surface area contributed by atoms with Crippen molar-refractivity contribution in [1.82, 2.24) is 20.1 Å². The van der Waals surface area contributed by atoms with Crippen molar-refractivity contribution >= 4 is 11.8 Å². The first-order valence-electron chi connectivity index (χ1n) is 14.2. The summed E-state index contributed by atoms with van der Waals surface area (Å²) >= 11 is 0. The Morgan fingerprint density at radius 2 is 1.90 bits per heavy atom. The quantitative estimate of drug-likeness (QED) is 0.479. The highest BCUT2D eigenvalue weighted by Crippen LogP contribution is 2.33. The standard InChI is InChI=1S/C32H38N4O6/c1-39-15-14-36-21-31(37)34-27-19-35(18-25-7-3-4-13-33-25)20-30(27)41-22-24-6-5-8-26(16-24)42-29-17-23(10-12-32(36)38)9-11-28(29)40-2/h3-9,11,13,16-17,27,30H,10,12,14-15,18-22H2,1-2H3,(H,34,37)/t27-,30-/m0/s1. The fraction of sp³-hybridized carbons (Fsp3) is 0.406. The molecule has 2 amide bonds. The Hall–Kier alpha value is -3.99. The van der Waals surface area contributed by atoms with Gasteiger partial charge in [-0.05, 0) is 53.9 Å². The summed E-state index contributed by atoms with van der Waals surface area (Å²) in [6, 6.07) is 19.0. The zero-order chi connectivity index (χ0) is 29.3. The Bertz CT molecular complexity index is 1350. The molecule has 10 heteroatoms. The maximum Gasteiger partial charge on any atom is 0.239 e. The van der Waals surface area contributed by atoms with Gasteiger partial charge in [0, 0.05) is 45.9 Å². The molecule has 42 heavy (non-hydrogen) atoms. The van der Waals surface area contributed by atoms with Crippen LogP contribution >= 0.6 is 0 Å². The molecule has 2 aliphatic rings. The van der Waals surface area contributed by atoms with Gasteiger partial charge in [0.15, 0.2) is 11.5 Å². The summed E-state index contributed by atoms with van der Waals surface area (Å²) in [5.41, 5.74) is 2.83. The van der Waals surface area contributed by atoms with Gasteiger partial charge in [0.25, 0.3) is 0 Å². The van der Waals surface area contributed by atoms with Crippen molar-refractivity contribution in [2.45, 2.75) is 38.1 Å². The van der Waals surface area contributed by atoms with Crippen LogP contribution < -0.4 is 14.8 Å². The van der Waals surface area contributed by atoms with Gasteiger partial charge in [-0.25, -0.2) is 0 Å². The molecular formula is C32H38N4O6. The summed E-state index contributed by atoms with van der Waals surface area (Å²) in [5, 5.41) is 3.15. The van der Waals surface area contributed by atoms with Gasteiger partial charge in [-0.1, -0.05) is 24.3 Å². The average Bonchev–Trinajstić information content (AvgIpc) is 3.37. The van der Waals surface area contributed by atoms with Crippen molar-refractivity contribution < 1.29 is 28.5 Å². The molecule has 10 nitrogen and oxygen atoms in total. The molecule has 0 saturated carbocycles. The van der Waals surface area contributed by atoms with Crippen LogP contribution in [0.15, 0.2) is 66.9 Å². The summed E-state index contributed by atoms with van der Waals surface area (Å²) in [6.45, 7) is 2.85. The number of fused-ring (bicyclic) bond motifs is 5. The molecular weight excluding hydrogens is 536 g/mol. The minimum atomic E-state index is -0.249. The van der Waals surface area contributed by atoms with Crippen LogP contribution in [0.3, 0.4) is 0 Å². The van der Waals surface area contributed by atoms with Crippen LogP contribution in [0.2, 0.25) is 0 Å². The van der Waals surface area contributed by atoms with E-state index >= 15 is 0 Å². The van der Waals surface area contributed by atoms with Crippen LogP contribution in [0.25, 0.3) is 0 Å². The second kappa shape index (κ2) is 14.3. The van der Waals surface area contributed by atoms with Crippen molar-refractivity contribution in [3.63, 3.8) is 0 Å². The smallest absolute Gasteiger partial charge is 0.239 e. The topological polar surface area (TPSA) is 102 Å². The zero-order valence-electron chi connectivity index (χ0n) is 24.2. The SMILES string of the molecule is COCCN1CC(=O)N[C@H]2CN(Cc3ccccn3)C[C@@H]2OCc2cccc(c2)Oc2cc(ccc2OC)CCC1=O. The number of methoxy groups -OCH3 is 2. The number of carbonyl (C=O) groups is 2. The Balaban J connectivity index is 1.40. The number of pyridine rings is 1. The van der Waals surface area contributed by atoms with E-state index in [1.807, 2.05) is 60.7 Å². The van der Waals surface area contributed by atoms with Crippen molar-refractivity contribution in [3.8, 4) is 17.2 Å². The predicted octanol–water partition coefficient (Wildman–Crippen LogP) is 3.19. The lowest BCUT2D eigenvalue weighted by Gasteiger charge is -2.25. The molecule has 1 saturated heterocycles. The normalized spacial score (nSPS) is 20.2. The Kier molecular flexibility index (Phi) is 10.0. The Morgan fingerprint density at radius 1 is 1.00 bits per heavy atom. The van der Waals surface area contributed by atoms with Crippen LogP contribution in [0.5, 0.6) is 17.2 Å². The van der Waals surface area contributed by atoms with E-state index in [4.69, 9.17) is 18.9 Å². The lowest BCUT2D eigenvalue weighted by atomic mass is 10.1. The number of ether oxygens (including phenoxy) is 4. The number of benzene rings is 2. The molecule has 0 radical (unpaired) electrons. The van der Waals surface area contributed by atoms with Crippen molar-refractivity contribution in [2.24, 2.45) is 0 Å². The fourth-order valence-electron chi connectivity index (χ4n) is 5.32. The second-order valence-electron chi connectivity index (χ2n) is 10.6. The molecule has 1 N–H and O–H groups in total. The highest BCUT2D eigenvalue weighted by molar-refractivity contribution is 5.85. The molecule has 3 aromatic rings. The first kappa shape index (κ1) is 29.5. The molecule has 1 fully saturated rings. The van der Waals surface area contributed by atoms with Crippen LogP contribution in [0, 0.1) is 0 Å². The highest BCUT2D eigenvalue weighted by atomic mass is 16.5. The zero-order valence-corrected chi connectivity index (χ0v) is 24.2. The third-order valence-electron chi connectivity index (χ3n) is 7.50. The van der Waals surface area contributed by atoms with E-state index in [0.717, 1.165) is 16.8 Å². The lowest BCUT2D eigenvalue weighted by Crippen LogP contribution is -2.49. The third-order valence-corrected chi connectivity index (χ3v) is 7.50. The minimum Gasteiger partial charge on any atom is -0.493 e. The number of nitrogens with one attached hydrogen (secondary N) is 1. The summed E-state index contributed by atoms with van der Waals surface area (Å²) in [7, 11) is 3.18. The van der Waals surface area contributed by atoms with Gasteiger partial charge in [0.05, 0.1) is 44.7 Å². The molecule has 5 rings (SSSR count). The monoisotopic (exact) mass is 574 g/mol. The van der Waals surface area contributed by atoms with E-state index in [2.05, 4.69) is 15.2 Å². The lowest BCUT2D eigenvalue weighted by molar-refractivity contribution is -0.137. The second-order valence-corrected chi connectivity index (χ2v) is 10.6. The molecule has 1 aromatic heterocycles. The van der Waals surface area contributed by atoms with E-state index in [0.29, 0.717) is 63.1 Å². The van der Waals surface area contributed by atoms with E-state index in [-0.39, 0.29) is 36.9 Å². The molecule has 0 aliphatic carbocycles. The molecule has 2 aliphatic heterocycles. The predicted molar refractivity (Wildman–Crippen MR) is 156 cm³/mol. The maximum atomic E-state index is 13.3. The summed E-state index contributed by atoms with van der Waals surface area (Å²) in [5.74, 6) is 1.48. The van der Waals surface area contributed by atoms with Crippen molar-refractivity contribution in [3.05, 3.63) is 83.7 Å². The van der Waals surface area contributed by atoms with Gasteiger partial charge < -0.3 is 29.2 Å².